The molecule has 1 aromatic rings. The number of hydrogen-bond donors (Lipinski definition) is 24. The Balaban J connectivity index is 2.22. The van der Waals surface area contributed by atoms with E-state index in [9.17, 15) is 97.1 Å². The zero-order valence-corrected chi connectivity index (χ0v) is 60.8. The van der Waals surface area contributed by atoms with Crippen molar-refractivity contribution in [3.05, 3.63) is 29.8 Å². The molecule has 1 aliphatic rings. The van der Waals surface area contributed by atoms with Gasteiger partial charge in [0.25, 0.3) is 0 Å². The lowest BCUT2D eigenvalue weighted by atomic mass is 9.97. The Morgan fingerprint density at radius 3 is 1.44 bits per heavy atom. The Bertz CT molecular complexity index is 3050. The summed E-state index contributed by atoms with van der Waals surface area (Å²) < 4.78 is 0. The SMILES string of the molecule is CC[C@H](C)[C@H](NC(=O)[C@@H]1CCCN1C(=O)[C@H](CC(N)=O)NC(=O)[C@H](CS)NC(=O)[C@H](CS)NC(=O)[C@H](CC(C)C)NC(=O)[C@H](CCC(=O)O)NC(=O)[C@H](CS)NC(=O)[C@@H](N)CS)C(=O)N[C@@H](CS)C(=O)N[C@H](C(=O)NCC(=O)N[C@@H](CS)C(=O)N[C@@H](Cc1ccc(O)cc1)C(=O)O)[C@@H](C)O. The molecule has 35 nitrogen and oxygen atoms in total. The minimum absolute atomic E-state index is 0.0116. The van der Waals surface area contributed by atoms with Gasteiger partial charge in [0.05, 0.1) is 25.1 Å². The number of carbonyl (C=O) groups excluding carboxylic acids is 14. The third kappa shape index (κ3) is 29.6. The summed E-state index contributed by atoms with van der Waals surface area (Å²) in [4.78, 5) is 214. The van der Waals surface area contributed by atoms with Crippen molar-refractivity contribution in [3.8, 4) is 5.75 Å². The van der Waals surface area contributed by atoms with E-state index in [0.717, 1.165) is 11.8 Å². The van der Waals surface area contributed by atoms with Gasteiger partial charge < -0.3 is 101 Å². The Morgan fingerprint density at radius 2 is 0.980 bits per heavy atom. The summed E-state index contributed by atoms with van der Waals surface area (Å²) in [6.07, 6.45) is -3.31. The van der Waals surface area contributed by atoms with Crippen LogP contribution >= 0.6 is 75.8 Å². The molecule has 0 bridgehead atoms. The van der Waals surface area contributed by atoms with Gasteiger partial charge in [-0.1, -0.05) is 46.2 Å². The standard InChI is InChI=1S/C59H93N15O20S6/c1-6-27(4)45(57(91)71-40(25-100)54(88)73-46(28(5)75)56(90)62-19-43(78)63-36(21-96)50(84)67-35(59(93)94)17-29-9-11-30(76)12-10-29)72-55(89)41-8-7-15-74(41)58(92)34(18-42(61)77)66-52(86)38(23-98)70-53(87)39(24-99)69-49(83)33(16-26(2)3)65-48(82)32(13-14-44(79)80)64-51(85)37(22-97)68-47(81)31(60)20-95/h9-12,26-28,31-41,45-46,75-76,95-100H,6-8,13-25,60H2,1-5H3,(H2,61,77)(H,62,90)(H,63,78)(H,64,85)(H,65,82)(H,66,86)(H,67,84)(H,68,81)(H,69,83)(H,70,87)(H,71,91)(H,72,89)(H,73,88)(H,79,80)(H,93,94)/t27-,28+,31-,32-,33-,34-,35-,36-,37-,38-,39-,40-,41-,45-,46-/m0/s1. The fourth-order valence-corrected chi connectivity index (χ4v) is 11.0. The molecule has 0 aromatic heterocycles. The smallest absolute Gasteiger partial charge is 0.326 e. The molecular formula is C59H93N15O20S6. The summed E-state index contributed by atoms with van der Waals surface area (Å²) in [5.74, 6) is -19.4. The number of aliphatic carboxylic acids is 2. The van der Waals surface area contributed by atoms with E-state index in [-0.39, 0.29) is 67.6 Å². The second kappa shape index (κ2) is 44.7. The van der Waals surface area contributed by atoms with Crippen LogP contribution < -0.4 is 75.3 Å². The highest BCUT2D eigenvalue weighted by Crippen LogP contribution is 2.21. The van der Waals surface area contributed by atoms with Crippen molar-refractivity contribution in [1.29, 1.82) is 0 Å². The summed E-state index contributed by atoms with van der Waals surface area (Å²) >= 11 is 24.7. The number of carboxylic acids is 2. The van der Waals surface area contributed by atoms with Crippen LogP contribution in [0.3, 0.4) is 0 Å². The first-order valence-corrected chi connectivity index (χ1v) is 35.3. The molecule has 0 aliphatic carbocycles. The fourth-order valence-electron chi connectivity index (χ4n) is 9.57. The Hall–Kier alpha value is -7.44. The van der Waals surface area contributed by atoms with Gasteiger partial charge in [-0.15, -0.1) is 0 Å². The molecule has 41 heteroatoms. The number of likely N-dealkylation sites (tertiary alicyclic amines) is 1. The van der Waals surface area contributed by atoms with E-state index in [4.69, 9.17) is 11.5 Å². The molecule has 560 valence electrons. The van der Waals surface area contributed by atoms with Crippen LogP contribution in [0.2, 0.25) is 0 Å². The number of thiol groups is 6. The predicted molar refractivity (Wildman–Crippen MR) is 381 cm³/mol. The van der Waals surface area contributed by atoms with Gasteiger partial charge in [-0.05, 0) is 62.1 Å². The number of benzene rings is 1. The van der Waals surface area contributed by atoms with Crippen molar-refractivity contribution in [1.82, 2.24) is 68.7 Å². The van der Waals surface area contributed by atoms with Crippen molar-refractivity contribution < 1.29 is 97.1 Å². The van der Waals surface area contributed by atoms with Gasteiger partial charge in [0.1, 0.15) is 78.3 Å². The number of hydrogen-bond acceptors (Lipinski definition) is 25. The van der Waals surface area contributed by atoms with E-state index in [2.05, 4.69) is 140 Å². The molecule has 1 aromatic carbocycles. The van der Waals surface area contributed by atoms with E-state index in [1.807, 2.05) is 0 Å². The van der Waals surface area contributed by atoms with E-state index < -0.39 is 228 Å². The Labute approximate surface area is 609 Å². The second-order valence-corrected chi connectivity index (χ2v) is 25.9. The summed E-state index contributed by atoms with van der Waals surface area (Å²) in [6.45, 7) is 6.88. The third-order valence-corrected chi connectivity index (χ3v) is 17.6. The van der Waals surface area contributed by atoms with Crippen molar-refractivity contribution in [2.75, 3.05) is 47.6 Å². The molecule has 100 heavy (non-hydrogen) atoms. The summed E-state index contributed by atoms with van der Waals surface area (Å²) in [7, 11) is 0. The van der Waals surface area contributed by atoms with Gasteiger partial charge in [-0.2, -0.15) is 75.8 Å². The highest BCUT2D eigenvalue weighted by Gasteiger charge is 2.42. The number of nitrogens with one attached hydrogen (secondary N) is 12. The van der Waals surface area contributed by atoms with E-state index in [1.165, 1.54) is 24.3 Å². The highest BCUT2D eigenvalue weighted by atomic mass is 32.1. The monoisotopic (exact) mass is 1520 g/mol. The van der Waals surface area contributed by atoms with Crippen LogP contribution in [0, 0.1) is 11.8 Å². The molecule has 2 rings (SSSR count). The Kier molecular flexibility index (Phi) is 39.7. The van der Waals surface area contributed by atoms with Gasteiger partial charge in [-0.3, -0.25) is 71.9 Å². The van der Waals surface area contributed by atoms with Gasteiger partial charge in [-0.25, -0.2) is 4.79 Å². The summed E-state index contributed by atoms with van der Waals surface area (Å²) in [5, 5.41) is 67.9. The van der Waals surface area contributed by atoms with Crippen molar-refractivity contribution >= 4 is 170 Å². The first-order chi connectivity index (χ1) is 47.0. The van der Waals surface area contributed by atoms with Gasteiger partial charge >= 0.3 is 11.9 Å². The minimum atomic E-state index is -1.76. The van der Waals surface area contributed by atoms with Gasteiger partial charge in [0.15, 0.2) is 0 Å². The number of rotatable bonds is 44. The summed E-state index contributed by atoms with van der Waals surface area (Å²) in [6, 6.07) is -13.7. The first-order valence-electron chi connectivity index (χ1n) is 31.5. The zero-order valence-electron chi connectivity index (χ0n) is 55.5. The molecule has 14 amide bonds. The van der Waals surface area contributed by atoms with Crippen LogP contribution in [-0.4, -0.2) is 252 Å². The number of phenols is 1. The lowest BCUT2D eigenvalue weighted by molar-refractivity contribution is -0.143. The number of carboxylic acid groups (broad SMARTS) is 2. The van der Waals surface area contributed by atoms with Crippen molar-refractivity contribution in [2.45, 2.75) is 171 Å². The minimum Gasteiger partial charge on any atom is -0.508 e. The topological polar surface area (TPSA) is 554 Å². The predicted octanol–water partition coefficient (Wildman–Crippen LogP) is -6.42. The number of phenolic OH excluding ortho intramolecular Hbond substituents is 1. The maximum absolute atomic E-state index is 14.4. The molecule has 20 N–H and O–H groups in total. The van der Waals surface area contributed by atoms with Crippen LogP contribution in [0.5, 0.6) is 5.75 Å². The molecule has 0 unspecified atom stereocenters. The molecule has 15 atom stereocenters. The normalized spacial score (nSPS) is 16.9. The maximum Gasteiger partial charge on any atom is 0.326 e. The molecule has 1 saturated heterocycles. The highest BCUT2D eigenvalue weighted by molar-refractivity contribution is 7.81. The maximum atomic E-state index is 14.4. The number of carbonyl (C=O) groups is 16. The van der Waals surface area contributed by atoms with Gasteiger partial charge in [0.2, 0.25) is 82.7 Å². The molecule has 0 saturated carbocycles. The van der Waals surface area contributed by atoms with E-state index in [1.54, 1.807) is 27.7 Å². The average molecular weight is 1520 g/mol. The number of primary amides is 1. The number of aliphatic hydroxyl groups is 1. The van der Waals surface area contributed by atoms with Crippen molar-refractivity contribution in [2.24, 2.45) is 23.3 Å². The Morgan fingerprint density at radius 1 is 0.540 bits per heavy atom. The summed E-state index contributed by atoms with van der Waals surface area (Å²) in [5.41, 5.74) is 11.7. The van der Waals surface area contributed by atoms with E-state index in [0.29, 0.717) is 5.56 Å². The second-order valence-electron chi connectivity index (χ2n) is 23.8. The number of amides is 14. The van der Waals surface area contributed by atoms with Crippen molar-refractivity contribution in [3.63, 3.8) is 0 Å². The number of nitrogens with two attached hydrogens (primary N) is 2. The largest absolute Gasteiger partial charge is 0.508 e. The fraction of sp³-hybridized carbons (Fsp3) is 0.627. The van der Waals surface area contributed by atoms with Crippen LogP contribution in [0.15, 0.2) is 24.3 Å². The van der Waals surface area contributed by atoms with Gasteiger partial charge in [0, 0.05) is 53.9 Å². The molecular weight excluding hydrogens is 1430 g/mol. The first kappa shape index (κ1) is 88.6. The number of aliphatic hydroxyl groups excluding tert-OH is 1. The van der Waals surface area contributed by atoms with Crippen LogP contribution in [0.1, 0.15) is 85.1 Å². The van der Waals surface area contributed by atoms with Crippen LogP contribution in [0.4, 0.5) is 0 Å². The lowest BCUT2D eigenvalue weighted by Crippen LogP contribution is -2.62. The number of aromatic hydroxyl groups is 1. The van der Waals surface area contributed by atoms with Crippen LogP contribution in [-0.2, 0) is 83.1 Å². The van der Waals surface area contributed by atoms with E-state index >= 15 is 0 Å². The van der Waals surface area contributed by atoms with Crippen LogP contribution in [0.25, 0.3) is 0 Å². The molecule has 1 heterocycles. The average Bonchev–Trinajstić information content (AvgIpc) is 1.64. The zero-order chi connectivity index (χ0) is 75.8. The lowest BCUT2D eigenvalue weighted by Gasteiger charge is -2.31. The molecule has 0 spiro atoms. The molecule has 0 radical (unpaired) electrons. The molecule has 1 fully saturated rings. The number of nitrogens with zero attached hydrogens (tertiary/aromatic N) is 1. The quantitative estimate of drug-likeness (QED) is 0.0270. The molecule has 1 aliphatic heterocycles. The third-order valence-electron chi connectivity index (χ3n) is 15.4.